The van der Waals surface area contributed by atoms with Gasteiger partial charge in [-0.1, -0.05) is 0 Å². The highest BCUT2D eigenvalue weighted by molar-refractivity contribution is 5.86. The predicted octanol–water partition coefficient (Wildman–Crippen LogP) is 3.27. The van der Waals surface area contributed by atoms with Crippen LogP contribution in [0.3, 0.4) is 0 Å². The van der Waals surface area contributed by atoms with Crippen LogP contribution in [0.15, 0.2) is 22.6 Å². The Morgan fingerprint density at radius 2 is 1.89 bits per heavy atom. The van der Waals surface area contributed by atoms with Crippen LogP contribution >= 0.6 is 24.8 Å². The van der Waals surface area contributed by atoms with Crippen molar-refractivity contribution < 1.29 is 4.42 Å². The number of likely N-dealkylation sites (N-methyl/N-ethyl adjacent to an activating group) is 1. The van der Waals surface area contributed by atoms with Crippen LogP contribution in [0.4, 0.5) is 5.69 Å². The van der Waals surface area contributed by atoms with Gasteiger partial charge < -0.3 is 15.1 Å². The van der Waals surface area contributed by atoms with Crippen LogP contribution in [0, 0.1) is 6.92 Å². The van der Waals surface area contributed by atoms with Gasteiger partial charge in [-0.3, -0.25) is 0 Å². The summed E-state index contributed by atoms with van der Waals surface area (Å²) in [6.45, 7) is 3.03. The van der Waals surface area contributed by atoms with Gasteiger partial charge in [-0.2, -0.15) is 0 Å². The van der Waals surface area contributed by atoms with Gasteiger partial charge in [-0.25, -0.2) is 0 Å². The number of fused-ring (bicyclic) bond motifs is 1. The lowest BCUT2D eigenvalue weighted by atomic mass is 10.1. The van der Waals surface area contributed by atoms with Crippen LogP contribution in [-0.2, 0) is 6.42 Å². The number of furan rings is 1. The lowest BCUT2D eigenvalue weighted by Crippen LogP contribution is -2.15. The number of halogens is 2. The molecule has 0 unspecified atom stereocenters. The van der Waals surface area contributed by atoms with E-state index in [1.165, 1.54) is 5.56 Å². The minimum Gasteiger partial charge on any atom is -0.461 e. The van der Waals surface area contributed by atoms with Crippen molar-refractivity contribution in [2.24, 2.45) is 0 Å². The summed E-state index contributed by atoms with van der Waals surface area (Å²) in [5.41, 5.74) is 8.80. The Labute approximate surface area is 120 Å². The molecule has 0 aliphatic heterocycles. The fourth-order valence-corrected chi connectivity index (χ4v) is 1.93. The van der Waals surface area contributed by atoms with Crippen molar-refractivity contribution in [3.05, 3.63) is 29.5 Å². The van der Waals surface area contributed by atoms with Crippen LogP contribution in [0.1, 0.15) is 11.3 Å². The average molecular weight is 291 g/mol. The summed E-state index contributed by atoms with van der Waals surface area (Å²) in [6.07, 6.45) is 0.995. The number of hydrogen-bond donors (Lipinski definition) is 1. The molecule has 2 N–H and O–H groups in total. The minimum absolute atomic E-state index is 0. The number of nitrogen functional groups attached to an aromatic ring is 1. The highest BCUT2D eigenvalue weighted by atomic mass is 35.5. The van der Waals surface area contributed by atoms with Crippen molar-refractivity contribution in [2.75, 3.05) is 26.4 Å². The van der Waals surface area contributed by atoms with E-state index in [1.54, 1.807) is 0 Å². The normalized spacial score (nSPS) is 10.2. The van der Waals surface area contributed by atoms with Crippen LogP contribution in [0.5, 0.6) is 0 Å². The lowest BCUT2D eigenvalue weighted by molar-refractivity contribution is 0.412. The van der Waals surface area contributed by atoms with E-state index >= 15 is 0 Å². The van der Waals surface area contributed by atoms with Crippen molar-refractivity contribution in [1.29, 1.82) is 0 Å². The zero-order chi connectivity index (χ0) is 11.7. The first-order valence-electron chi connectivity index (χ1n) is 5.50. The van der Waals surface area contributed by atoms with Crippen LogP contribution in [-0.4, -0.2) is 25.5 Å². The molecule has 0 spiro atoms. The zero-order valence-electron chi connectivity index (χ0n) is 10.9. The summed E-state index contributed by atoms with van der Waals surface area (Å²) >= 11 is 0. The summed E-state index contributed by atoms with van der Waals surface area (Å²) in [5, 5.41) is 1.15. The van der Waals surface area contributed by atoms with E-state index in [4.69, 9.17) is 10.2 Å². The molecule has 2 aromatic rings. The van der Waals surface area contributed by atoms with E-state index in [1.807, 2.05) is 25.1 Å². The molecule has 102 valence electrons. The Morgan fingerprint density at radius 1 is 1.22 bits per heavy atom. The number of nitrogens with zero attached hydrogens (tertiary/aromatic N) is 1. The van der Waals surface area contributed by atoms with Gasteiger partial charge in [0.15, 0.2) is 0 Å². The van der Waals surface area contributed by atoms with E-state index < -0.39 is 0 Å². The van der Waals surface area contributed by atoms with Gasteiger partial charge in [0.1, 0.15) is 11.3 Å². The highest BCUT2D eigenvalue weighted by Gasteiger charge is 2.10. The summed E-state index contributed by atoms with van der Waals surface area (Å²) in [4.78, 5) is 2.17. The molecule has 0 bridgehead atoms. The molecule has 0 atom stereocenters. The molecule has 0 fully saturated rings. The molecule has 0 saturated heterocycles. The Kier molecular flexibility index (Phi) is 6.54. The fourth-order valence-electron chi connectivity index (χ4n) is 1.93. The van der Waals surface area contributed by atoms with E-state index in [2.05, 4.69) is 19.0 Å². The maximum Gasteiger partial charge on any atom is 0.134 e. The van der Waals surface area contributed by atoms with Gasteiger partial charge in [-0.15, -0.1) is 24.8 Å². The van der Waals surface area contributed by atoms with Gasteiger partial charge in [0, 0.05) is 23.2 Å². The monoisotopic (exact) mass is 290 g/mol. The van der Waals surface area contributed by atoms with Crippen LogP contribution in [0.25, 0.3) is 11.0 Å². The number of rotatable bonds is 3. The van der Waals surface area contributed by atoms with Crippen molar-refractivity contribution in [3.63, 3.8) is 0 Å². The number of nitrogens with two attached hydrogens (primary N) is 1. The smallest absolute Gasteiger partial charge is 0.134 e. The maximum absolute atomic E-state index is 5.81. The Morgan fingerprint density at radius 3 is 2.50 bits per heavy atom. The molecule has 1 heterocycles. The molecule has 0 aliphatic rings. The van der Waals surface area contributed by atoms with Gasteiger partial charge in [0.25, 0.3) is 0 Å². The first-order valence-corrected chi connectivity index (χ1v) is 5.50. The molecule has 18 heavy (non-hydrogen) atoms. The molecule has 0 aliphatic carbocycles. The average Bonchev–Trinajstić information content (AvgIpc) is 2.51. The molecule has 1 aromatic carbocycles. The molecule has 3 nitrogen and oxygen atoms in total. The molecule has 1 aromatic heterocycles. The second-order valence-electron chi connectivity index (χ2n) is 4.45. The second kappa shape index (κ2) is 6.88. The van der Waals surface area contributed by atoms with Crippen molar-refractivity contribution in [2.45, 2.75) is 13.3 Å². The van der Waals surface area contributed by atoms with E-state index in [0.29, 0.717) is 0 Å². The third-order valence-electron chi connectivity index (χ3n) is 2.83. The van der Waals surface area contributed by atoms with Gasteiger partial charge in [-0.05, 0) is 45.6 Å². The first kappa shape index (κ1) is 17.1. The zero-order valence-corrected chi connectivity index (χ0v) is 12.5. The molecule has 2 rings (SSSR count). The molecule has 0 saturated carbocycles. The molecular weight excluding hydrogens is 271 g/mol. The Bertz CT molecular complexity index is 509. The molecule has 0 radical (unpaired) electrons. The van der Waals surface area contributed by atoms with Crippen molar-refractivity contribution >= 4 is 41.5 Å². The standard InChI is InChI=1S/C13H18N2O.2ClH/c1-9-11(6-7-15(2)3)12-8-10(14)4-5-13(12)16-9;;/h4-5,8H,6-7,14H2,1-3H3;2*1H. The third kappa shape index (κ3) is 3.55. The van der Waals surface area contributed by atoms with Gasteiger partial charge in [0.05, 0.1) is 0 Å². The Hall–Kier alpha value is -0.900. The Balaban J connectivity index is 0.00000144. The maximum atomic E-state index is 5.81. The minimum atomic E-state index is 0. The summed E-state index contributed by atoms with van der Waals surface area (Å²) < 4.78 is 5.71. The number of aryl methyl sites for hydroxylation is 1. The third-order valence-corrected chi connectivity index (χ3v) is 2.83. The summed E-state index contributed by atoms with van der Waals surface area (Å²) in [7, 11) is 4.15. The van der Waals surface area contributed by atoms with Gasteiger partial charge >= 0.3 is 0 Å². The lowest BCUT2D eigenvalue weighted by Gasteiger charge is -2.08. The summed E-state index contributed by atoms with van der Waals surface area (Å²) in [5.74, 6) is 1.00. The quantitative estimate of drug-likeness (QED) is 0.883. The fraction of sp³-hybridized carbons (Fsp3) is 0.385. The molecule has 0 amide bonds. The molecular formula is C13H20Cl2N2O. The van der Waals surface area contributed by atoms with E-state index in [0.717, 1.165) is 35.4 Å². The van der Waals surface area contributed by atoms with Crippen molar-refractivity contribution in [3.8, 4) is 0 Å². The number of anilines is 1. The topological polar surface area (TPSA) is 42.4 Å². The van der Waals surface area contributed by atoms with E-state index in [-0.39, 0.29) is 24.8 Å². The summed E-state index contributed by atoms with van der Waals surface area (Å²) in [6, 6.07) is 5.81. The number of benzene rings is 1. The van der Waals surface area contributed by atoms with Crippen molar-refractivity contribution in [1.82, 2.24) is 4.90 Å². The van der Waals surface area contributed by atoms with Crippen LogP contribution < -0.4 is 5.73 Å². The largest absolute Gasteiger partial charge is 0.461 e. The molecule has 5 heteroatoms. The van der Waals surface area contributed by atoms with Gasteiger partial charge in [0.2, 0.25) is 0 Å². The second-order valence-corrected chi connectivity index (χ2v) is 4.45. The van der Waals surface area contributed by atoms with E-state index in [9.17, 15) is 0 Å². The highest BCUT2D eigenvalue weighted by Crippen LogP contribution is 2.27. The SMILES string of the molecule is Cc1oc2ccc(N)cc2c1CCN(C)C.Cl.Cl. The number of hydrogen-bond acceptors (Lipinski definition) is 3. The van der Waals surface area contributed by atoms with Crippen LogP contribution in [0.2, 0.25) is 0 Å². The predicted molar refractivity (Wildman–Crippen MR) is 82.1 cm³/mol. The first-order chi connectivity index (χ1) is 7.58.